The molecular weight excluding hydrogens is 232 g/mol. The van der Waals surface area contributed by atoms with Crippen molar-refractivity contribution in [2.75, 3.05) is 11.9 Å². The van der Waals surface area contributed by atoms with Gasteiger partial charge in [-0.05, 0) is 80.5 Å². The Morgan fingerprint density at radius 2 is 1.74 bits per heavy atom. The molecule has 0 saturated heterocycles. The maximum Gasteiger partial charge on any atom is 0.0343 e. The lowest BCUT2D eigenvalue weighted by atomic mass is 9.86. The van der Waals surface area contributed by atoms with Crippen LogP contribution in [0.15, 0.2) is 18.2 Å². The first-order valence-corrected chi connectivity index (χ1v) is 7.92. The zero-order valence-electron chi connectivity index (χ0n) is 11.8. The Hall–Kier alpha value is -1.02. The standard InChI is InChI=1S/C17H26N2/c18-16-8-5-13(6-9-16)12-19-17-10-7-14-3-1-2-4-15(14)11-17/h7,10-11,13,16,19H,1-6,8-9,12,18H2/t13-,16+. The summed E-state index contributed by atoms with van der Waals surface area (Å²) in [5.41, 5.74) is 10.4. The van der Waals surface area contributed by atoms with Gasteiger partial charge in [0.15, 0.2) is 0 Å². The van der Waals surface area contributed by atoms with Crippen LogP contribution in [-0.2, 0) is 12.8 Å². The fraction of sp³-hybridized carbons (Fsp3) is 0.647. The SMILES string of the molecule is N[C@H]1CC[C@@H](CNc2ccc3c(c2)CCCC3)CC1. The number of hydrogen-bond donors (Lipinski definition) is 2. The van der Waals surface area contributed by atoms with Crippen LogP contribution in [0.25, 0.3) is 0 Å². The minimum absolute atomic E-state index is 0.458. The first-order chi connectivity index (χ1) is 9.31. The number of aryl methyl sites for hydroxylation is 2. The molecule has 2 aliphatic carbocycles. The van der Waals surface area contributed by atoms with Crippen LogP contribution in [0.3, 0.4) is 0 Å². The molecule has 1 aromatic carbocycles. The van der Waals surface area contributed by atoms with Gasteiger partial charge in [-0.3, -0.25) is 0 Å². The van der Waals surface area contributed by atoms with Crippen LogP contribution >= 0.6 is 0 Å². The Bertz CT molecular complexity index is 419. The van der Waals surface area contributed by atoms with E-state index >= 15 is 0 Å². The summed E-state index contributed by atoms with van der Waals surface area (Å²) in [5, 5.41) is 3.64. The summed E-state index contributed by atoms with van der Waals surface area (Å²) >= 11 is 0. The van der Waals surface area contributed by atoms with Gasteiger partial charge in [0.2, 0.25) is 0 Å². The highest BCUT2D eigenvalue weighted by Gasteiger charge is 2.18. The van der Waals surface area contributed by atoms with Crippen molar-refractivity contribution in [1.29, 1.82) is 0 Å². The van der Waals surface area contributed by atoms with Crippen LogP contribution in [0.2, 0.25) is 0 Å². The third-order valence-corrected chi connectivity index (χ3v) is 4.83. The minimum Gasteiger partial charge on any atom is -0.385 e. The van der Waals surface area contributed by atoms with Crippen molar-refractivity contribution in [3.8, 4) is 0 Å². The van der Waals surface area contributed by atoms with Gasteiger partial charge in [0.25, 0.3) is 0 Å². The number of nitrogens with one attached hydrogen (secondary N) is 1. The normalized spacial score (nSPS) is 26.8. The van der Waals surface area contributed by atoms with Crippen molar-refractivity contribution in [3.05, 3.63) is 29.3 Å². The quantitative estimate of drug-likeness (QED) is 0.871. The number of anilines is 1. The van der Waals surface area contributed by atoms with Crippen molar-refractivity contribution < 1.29 is 0 Å². The molecule has 0 aromatic heterocycles. The lowest BCUT2D eigenvalue weighted by molar-refractivity contribution is 0.339. The predicted octanol–water partition coefficient (Wildman–Crippen LogP) is 3.49. The van der Waals surface area contributed by atoms with E-state index in [-0.39, 0.29) is 0 Å². The van der Waals surface area contributed by atoms with Gasteiger partial charge < -0.3 is 11.1 Å². The van der Waals surface area contributed by atoms with Gasteiger partial charge in [0.1, 0.15) is 0 Å². The molecule has 0 aliphatic heterocycles. The maximum atomic E-state index is 5.96. The van der Waals surface area contributed by atoms with E-state index in [2.05, 4.69) is 23.5 Å². The van der Waals surface area contributed by atoms with Crippen LogP contribution in [0, 0.1) is 5.92 Å². The first-order valence-electron chi connectivity index (χ1n) is 7.92. The average Bonchev–Trinajstić information content (AvgIpc) is 2.46. The molecule has 0 heterocycles. The number of hydrogen-bond acceptors (Lipinski definition) is 2. The zero-order valence-corrected chi connectivity index (χ0v) is 11.8. The van der Waals surface area contributed by atoms with Gasteiger partial charge in [0, 0.05) is 18.3 Å². The van der Waals surface area contributed by atoms with Crippen molar-refractivity contribution in [2.45, 2.75) is 57.4 Å². The molecule has 3 N–H and O–H groups in total. The molecule has 2 nitrogen and oxygen atoms in total. The smallest absolute Gasteiger partial charge is 0.0343 e. The lowest BCUT2D eigenvalue weighted by Gasteiger charge is -2.26. The summed E-state index contributed by atoms with van der Waals surface area (Å²) in [5.74, 6) is 0.816. The second-order valence-corrected chi connectivity index (χ2v) is 6.35. The van der Waals surface area contributed by atoms with Gasteiger partial charge in [-0.15, -0.1) is 0 Å². The summed E-state index contributed by atoms with van der Waals surface area (Å²) in [6.07, 6.45) is 10.3. The number of fused-ring (bicyclic) bond motifs is 1. The Labute approximate surface area is 116 Å². The second kappa shape index (κ2) is 5.96. The van der Waals surface area contributed by atoms with Crippen LogP contribution in [0.5, 0.6) is 0 Å². The van der Waals surface area contributed by atoms with Gasteiger partial charge in [-0.2, -0.15) is 0 Å². The highest BCUT2D eigenvalue weighted by Crippen LogP contribution is 2.26. The predicted molar refractivity (Wildman–Crippen MR) is 81.5 cm³/mol. The fourth-order valence-electron chi connectivity index (χ4n) is 3.50. The molecule has 3 rings (SSSR count). The summed E-state index contributed by atoms with van der Waals surface area (Å²) < 4.78 is 0. The van der Waals surface area contributed by atoms with E-state index in [0.29, 0.717) is 6.04 Å². The third kappa shape index (κ3) is 3.30. The molecular formula is C17H26N2. The Balaban J connectivity index is 1.55. The van der Waals surface area contributed by atoms with E-state index in [1.54, 1.807) is 11.1 Å². The summed E-state index contributed by atoms with van der Waals surface area (Å²) in [7, 11) is 0. The van der Waals surface area contributed by atoms with Crippen molar-refractivity contribution in [1.82, 2.24) is 0 Å². The Morgan fingerprint density at radius 1 is 1.00 bits per heavy atom. The highest BCUT2D eigenvalue weighted by atomic mass is 14.9. The highest BCUT2D eigenvalue weighted by molar-refractivity contribution is 5.49. The fourth-order valence-corrected chi connectivity index (χ4v) is 3.50. The van der Waals surface area contributed by atoms with Gasteiger partial charge in [0.05, 0.1) is 0 Å². The lowest BCUT2D eigenvalue weighted by Crippen LogP contribution is -2.29. The molecule has 0 atom stereocenters. The molecule has 19 heavy (non-hydrogen) atoms. The van der Waals surface area contributed by atoms with E-state index in [1.807, 2.05) is 0 Å². The summed E-state index contributed by atoms with van der Waals surface area (Å²) in [6.45, 7) is 1.12. The van der Waals surface area contributed by atoms with Gasteiger partial charge in [-0.25, -0.2) is 0 Å². The monoisotopic (exact) mass is 258 g/mol. The topological polar surface area (TPSA) is 38.0 Å². The van der Waals surface area contributed by atoms with Crippen molar-refractivity contribution in [3.63, 3.8) is 0 Å². The van der Waals surface area contributed by atoms with Crippen molar-refractivity contribution in [2.24, 2.45) is 11.7 Å². The molecule has 0 unspecified atom stereocenters. The largest absolute Gasteiger partial charge is 0.385 e. The minimum atomic E-state index is 0.458. The molecule has 104 valence electrons. The molecule has 2 heteroatoms. The van der Waals surface area contributed by atoms with Crippen LogP contribution in [-0.4, -0.2) is 12.6 Å². The molecule has 1 saturated carbocycles. The van der Waals surface area contributed by atoms with Gasteiger partial charge >= 0.3 is 0 Å². The number of rotatable bonds is 3. The zero-order chi connectivity index (χ0) is 13.1. The molecule has 1 aromatic rings. The van der Waals surface area contributed by atoms with Crippen LogP contribution in [0.4, 0.5) is 5.69 Å². The Kier molecular flexibility index (Phi) is 4.07. The summed E-state index contributed by atoms with van der Waals surface area (Å²) in [4.78, 5) is 0. The molecule has 1 fully saturated rings. The first kappa shape index (κ1) is 13.0. The van der Waals surface area contributed by atoms with Crippen LogP contribution < -0.4 is 11.1 Å². The molecule has 0 radical (unpaired) electrons. The molecule has 0 spiro atoms. The van der Waals surface area contributed by atoms with E-state index in [4.69, 9.17) is 5.73 Å². The average molecular weight is 258 g/mol. The maximum absolute atomic E-state index is 5.96. The van der Waals surface area contributed by atoms with E-state index in [1.165, 1.54) is 57.1 Å². The molecule has 0 bridgehead atoms. The van der Waals surface area contributed by atoms with E-state index in [9.17, 15) is 0 Å². The Morgan fingerprint density at radius 3 is 2.53 bits per heavy atom. The number of benzene rings is 1. The van der Waals surface area contributed by atoms with Gasteiger partial charge in [-0.1, -0.05) is 6.07 Å². The van der Waals surface area contributed by atoms with E-state index < -0.39 is 0 Å². The molecule has 0 amide bonds. The van der Waals surface area contributed by atoms with E-state index in [0.717, 1.165) is 12.5 Å². The second-order valence-electron chi connectivity index (χ2n) is 6.35. The van der Waals surface area contributed by atoms with Crippen LogP contribution in [0.1, 0.15) is 49.7 Å². The van der Waals surface area contributed by atoms with Crippen molar-refractivity contribution >= 4 is 5.69 Å². The summed E-state index contributed by atoms with van der Waals surface area (Å²) in [6, 6.07) is 7.43. The molecule has 2 aliphatic rings. The third-order valence-electron chi connectivity index (χ3n) is 4.83. The number of nitrogens with two attached hydrogens (primary N) is 1.